The summed E-state index contributed by atoms with van der Waals surface area (Å²) >= 11 is 5.66. The molecule has 0 spiro atoms. The topological polar surface area (TPSA) is 46.2 Å². The van der Waals surface area contributed by atoms with Gasteiger partial charge in [0, 0.05) is 6.54 Å². The second-order valence-electron chi connectivity index (χ2n) is 3.03. The number of sulfonamides is 1. The van der Waals surface area contributed by atoms with E-state index in [2.05, 4.69) is 4.72 Å². The van der Waals surface area contributed by atoms with Crippen LogP contribution in [-0.4, -0.2) is 15.0 Å². The molecule has 0 aliphatic rings. The third kappa shape index (κ3) is 2.68. The Morgan fingerprint density at radius 2 is 2.07 bits per heavy atom. The van der Waals surface area contributed by atoms with Gasteiger partial charge in [0.15, 0.2) is 0 Å². The lowest BCUT2D eigenvalue weighted by Gasteiger charge is -2.08. The van der Waals surface area contributed by atoms with Crippen molar-refractivity contribution in [2.24, 2.45) is 0 Å². The highest BCUT2D eigenvalue weighted by molar-refractivity contribution is 7.89. The van der Waals surface area contributed by atoms with E-state index in [0.29, 0.717) is 0 Å². The molecule has 3 nitrogen and oxygen atoms in total. The Morgan fingerprint density at radius 3 is 2.60 bits per heavy atom. The normalized spacial score (nSPS) is 11.7. The van der Waals surface area contributed by atoms with Crippen LogP contribution in [0.25, 0.3) is 0 Å². The molecule has 0 aliphatic carbocycles. The molecule has 0 unspecified atom stereocenters. The minimum Gasteiger partial charge on any atom is -0.211 e. The summed E-state index contributed by atoms with van der Waals surface area (Å²) in [5, 5.41) is -0.112. The van der Waals surface area contributed by atoms with Gasteiger partial charge in [-0.1, -0.05) is 18.5 Å². The van der Waals surface area contributed by atoms with Gasteiger partial charge < -0.3 is 0 Å². The zero-order valence-electron chi connectivity index (χ0n) is 8.34. The highest BCUT2D eigenvalue weighted by Gasteiger charge is 2.18. The lowest BCUT2D eigenvalue weighted by atomic mass is 10.2. The minimum atomic E-state index is -3.63. The molecular formula is C9H11ClFNO2S. The Hall–Kier alpha value is -0.650. The summed E-state index contributed by atoms with van der Waals surface area (Å²) in [6.07, 6.45) is 0. The van der Waals surface area contributed by atoms with E-state index in [1.807, 2.05) is 0 Å². The van der Waals surface area contributed by atoms with Gasteiger partial charge in [0.25, 0.3) is 0 Å². The Labute approximate surface area is 93.3 Å². The first kappa shape index (κ1) is 12.4. The van der Waals surface area contributed by atoms with Crippen LogP contribution in [0.4, 0.5) is 4.39 Å². The standard InChI is InChI=1S/C9H11ClFNO2S/c1-3-12-15(13,14)9-4-6(2)8(11)5-7(9)10/h4-5,12H,3H2,1-2H3. The Bertz CT molecular complexity index is 473. The van der Waals surface area contributed by atoms with Crippen molar-refractivity contribution in [2.45, 2.75) is 18.7 Å². The third-order valence-electron chi connectivity index (χ3n) is 1.84. The van der Waals surface area contributed by atoms with Gasteiger partial charge in [0.2, 0.25) is 10.0 Å². The van der Waals surface area contributed by atoms with E-state index in [1.165, 1.54) is 13.0 Å². The van der Waals surface area contributed by atoms with Gasteiger partial charge in [0.05, 0.1) is 5.02 Å². The number of hydrogen-bond acceptors (Lipinski definition) is 2. The predicted molar refractivity (Wildman–Crippen MR) is 57.0 cm³/mol. The molecule has 0 aromatic heterocycles. The molecule has 0 aliphatic heterocycles. The molecule has 0 saturated carbocycles. The quantitative estimate of drug-likeness (QED) is 0.894. The number of rotatable bonds is 3. The molecule has 1 rings (SSSR count). The Morgan fingerprint density at radius 1 is 1.47 bits per heavy atom. The van der Waals surface area contributed by atoms with E-state index in [9.17, 15) is 12.8 Å². The lowest BCUT2D eigenvalue weighted by Crippen LogP contribution is -2.23. The van der Waals surface area contributed by atoms with Crippen LogP contribution in [0.5, 0.6) is 0 Å². The molecule has 0 heterocycles. The average Bonchev–Trinajstić information content (AvgIpc) is 2.11. The van der Waals surface area contributed by atoms with E-state index in [4.69, 9.17) is 11.6 Å². The van der Waals surface area contributed by atoms with Gasteiger partial charge in [-0.2, -0.15) is 0 Å². The van der Waals surface area contributed by atoms with Crippen molar-refractivity contribution in [2.75, 3.05) is 6.54 Å². The summed E-state index contributed by atoms with van der Waals surface area (Å²) in [4.78, 5) is -0.0927. The van der Waals surface area contributed by atoms with Crippen LogP contribution in [0.15, 0.2) is 17.0 Å². The average molecular weight is 252 g/mol. The fourth-order valence-electron chi connectivity index (χ4n) is 1.10. The van der Waals surface area contributed by atoms with Gasteiger partial charge in [-0.25, -0.2) is 17.5 Å². The first-order valence-corrected chi connectivity index (χ1v) is 6.20. The number of nitrogens with one attached hydrogen (secondary N) is 1. The molecule has 0 amide bonds. The molecule has 0 saturated heterocycles. The van der Waals surface area contributed by atoms with Crippen molar-refractivity contribution in [3.63, 3.8) is 0 Å². The van der Waals surface area contributed by atoms with E-state index in [1.54, 1.807) is 6.92 Å². The lowest BCUT2D eigenvalue weighted by molar-refractivity contribution is 0.582. The molecular weight excluding hydrogens is 241 g/mol. The summed E-state index contributed by atoms with van der Waals surface area (Å²) in [5.41, 5.74) is 0.246. The summed E-state index contributed by atoms with van der Waals surface area (Å²) in [6, 6.07) is 2.22. The second kappa shape index (κ2) is 4.47. The largest absolute Gasteiger partial charge is 0.242 e. The number of aryl methyl sites for hydroxylation is 1. The monoisotopic (exact) mass is 251 g/mol. The van der Waals surface area contributed by atoms with Crippen LogP contribution in [0.2, 0.25) is 5.02 Å². The zero-order chi connectivity index (χ0) is 11.6. The van der Waals surface area contributed by atoms with Crippen molar-refractivity contribution < 1.29 is 12.8 Å². The van der Waals surface area contributed by atoms with E-state index < -0.39 is 15.8 Å². The van der Waals surface area contributed by atoms with Gasteiger partial charge in [0.1, 0.15) is 10.7 Å². The van der Waals surface area contributed by atoms with Crippen molar-refractivity contribution >= 4 is 21.6 Å². The van der Waals surface area contributed by atoms with Gasteiger partial charge in [-0.15, -0.1) is 0 Å². The Kier molecular flexibility index (Phi) is 3.70. The third-order valence-corrected chi connectivity index (χ3v) is 3.85. The predicted octanol–water partition coefficient (Wildman–Crippen LogP) is 2.09. The summed E-state index contributed by atoms with van der Waals surface area (Å²) in [6.45, 7) is 3.40. The van der Waals surface area contributed by atoms with Crippen molar-refractivity contribution in [3.05, 3.63) is 28.5 Å². The molecule has 0 fully saturated rings. The van der Waals surface area contributed by atoms with E-state index in [0.717, 1.165) is 6.07 Å². The van der Waals surface area contributed by atoms with Crippen molar-refractivity contribution in [1.82, 2.24) is 4.72 Å². The highest BCUT2D eigenvalue weighted by Crippen LogP contribution is 2.24. The number of benzene rings is 1. The van der Waals surface area contributed by atoms with Crippen LogP contribution in [-0.2, 0) is 10.0 Å². The van der Waals surface area contributed by atoms with E-state index >= 15 is 0 Å². The molecule has 6 heteroatoms. The van der Waals surface area contributed by atoms with Crippen LogP contribution in [0, 0.1) is 12.7 Å². The van der Waals surface area contributed by atoms with Crippen molar-refractivity contribution in [3.8, 4) is 0 Å². The fraction of sp³-hybridized carbons (Fsp3) is 0.333. The smallest absolute Gasteiger partial charge is 0.211 e. The molecule has 1 aromatic carbocycles. The summed E-state index contributed by atoms with van der Waals surface area (Å²) in [5.74, 6) is -0.518. The maximum atomic E-state index is 13.0. The first-order chi connectivity index (χ1) is 6.88. The van der Waals surface area contributed by atoms with Crippen LogP contribution in [0.3, 0.4) is 0 Å². The number of hydrogen-bond donors (Lipinski definition) is 1. The molecule has 1 aromatic rings. The molecule has 0 radical (unpaired) electrons. The highest BCUT2D eigenvalue weighted by atomic mass is 35.5. The Balaban J connectivity index is 3.33. The van der Waals surface area contributed by atoms with Crippen molar-refractivity contribution in [1.29, 1.82) is 0 Å². The first-order valence-electron chi connectivity index (χ1n) is 4.33. The minimum absolute atomic E-state index is 0.0927. The maximum absolute atomic E-state index is 13.0. The second-order valence-corrected chi connectivity index (χ2v) is 5.18. The molecule has 84 valence electrons. The SMILES string of the molecule is CCNS(=O)(=O)c1cc(C)c(F)cc1Cl. The fourth-order valence-corrected chi connectivity index (χ4v) is 2.74. The van der Waals surface area contributed by atoms with Crippen LogP contribution < -0.4 is 4.72 Å². The molecule has 0 atom stereocenters. The zero-order valence-corrected chi connectivity index (χ0v) is 9.91. The van der Waals surface area contributed by atoms with E-state index in [-0.39, 0.29) is 22.0 Å². The van der Waals surface area contributed by atoms with Gasteiger partial charge in [-0.3, -0.25) is 0 Å². The number of halogens is 2. The van der Waals surface area contributed by atoms with Gasteiger partial charge in [-0.05, 0) is 24.6 Å². The maximum Gasteiger partial charge on any atom is 0.242 e. The van der Waals surface area contributed by atoms with Crippen LogP contribution >= 0.6 is 11.6 Å². The molecule has 15 heavy (non-hydrogen) atoms. The summed E-state index contributed by atoms with van der Waals surface area (Å²) in [7, 11) is -3.63. The molecule has 0 bridgehead atoms. The summed E-state index contributed by atoms with van der Waals surface area (Å²) < 4.78 is 38.5. The van der Waals surface area contributed by atoms with Crippen LogP contribution in [0.1, 0.15) is 12.5 Å². The van der Waals surface area contributed by atoms with Gasteiger partial charge >= 0.3 is 0 Å². The molecule has 1 N–H and O–H groups in total.